The van der Waals surface area contributed by atoms with Crippen LogP contribution in [0.25, 0.3) is 22.3 Å². The first kappa shape index (κ1) is 16.7. The number of aromatic nitrogens is 2. The largest absolute Gasteiger partial charge is 0.353 e. The first-order chi connectivity index (χ1) is 11.8. The number of nitrogens with zero attached hydrogens (tertiary/aromatic N) is 1. The Balaban J connectivity index is 2.03. The molecule has 3 N–H and O–H groups in total. The van der Waals surface area contributed by atoms with Crippen molar-refractivity contribution in [2.24, 2.45) is 5.73 Å². The summed E-state index contributed by atoms with van der Waals surface area (Å²) in [4.78, 5) is 8.15. The van der Waals surface area contributed by atoms with Crippen molar-refractivity contribution in [3.8, 4) is 11.4 Å². The fourth-order valence-corrected chi connectivity index (χ4v) is 3.27. The number of aromatic amines is 1. The van der Waals surface area contributed by atoms with Gasteiger partial charge in [-0.1, -0.05) is 25.5 Å². The average molecular weight is 321 g/mol. The van der Waals surface area contributed by atoms with E-state index in [0.29, 0.717) is 0 Å². The Morgan fingerprint density at radius 1 is 1.04 bits per heavy atom. The van der Waals surface area contributed by atoms with E-state index < -0.39 is 0 Å². The highest BCUT2D eigenvalue weighted by Gasteiger charge is 2.14. The van der Waals surface area contributed by atoms with Crippen molar-refractivity contribution in [1.82, 2.24) is 9.97 Å². The maximum atomic E-state index is 5.69. The molecule has 0 spiro atoms. The monoisotopic (exact) mass is 321 g/mol. The van der Waals surface area contributed by atoms with E-state index in [1.54, 1.807) is 0 Å². The number of pyridine rings is 1. The van der Waals surface area contributed by atoms with Gasteiger partial charge in [0.25, 0.3) is 0 Å². The van der Waals surface area contributed by atoms with Gasteiger partial charge in [-0.15, -0.1) is 0 Å². The van der Waals surface area contributed by atoms with Gasteiger partial charge in [0.1, 0.15) is 0 Å². The van der Waals surface area contributed by atoms with Crippen LogP contribution in [-0.4, -0.2) is 16.5 Å². The normalized spacial score (nSPS) is 11.2. The molecular formula is C21H27N3. The minimum absolute atomic E-state index is 0.753. The van der Waals surface area contributed by atoms with E-state index in [4.69, 9.17) is 5.73 Å². The van der Waals surface area contributed by atoms with Crippen molar-refractivity contribution >= 4 is 10.9 Å². The second kappa shape index (κ2) is 8.11. The Kier molecular flexibility index (Phi) is 5.65. The highest BCUT2D eigenvalue weighted by molar-refractivity contribution is 5.90. The molecule has 0 saturated carbocycles. The third-order valence-electron chi connectivity index (χ3n) is 4.59. The molecule has 1 aromatic carbocycles. The highest BCUT2D eigenvalue weighted by atomic mass is 14.8. The molecule has 0 aliphatic carbocycles. The van der Waals surface area contributed by atoms with Crippen molar-refractivity contribution in [3.05, 3.63) is 53.7 Å². The molecule has 0 aliphatic heterocycles. The molecule has 0 radical (unpaired) electrons. The number of unbranched alkanes of at least 4 members (excludes halogenated alkanes) is 2. The maximum Gasteiger partial charge on any atom is 0.0867 e. The Hall–Kier alpha value is -2.13. The van der Waals surface area contributed by atoms with Crippen LogP contribution in [0.4, 0.5) is 0 Å². The molecule has 0 fully saturated rings. The molecule has 3 aromatic rings. The van der Waals surface area contributed by atoms with Crippen LogP contribution >= 0.6 is 0 Å². The van der Waals surface area contributed by atoms with Gasteiger partial charge in [0.2, 0.25) is 0 Å². The first-order valence-electron chi connectivity index (χ1n) is 9.08. The minimum atomic E-state index is 0.753. The van der Waals surface area contributed by atoms with Gasteiger partial charge in [-0.05, 0) is 74.0 Å². The number of H-pyrrole nitrogens is 1. The summed E-state index contributed by atoms with van der Waals surface area (Å²) in [5.41, 5.74) is 11.9. The molecule has 126 valence electrons. The second-order valence-electron chi connectivity index (χ2n) is 6.42. The summed E-state index contributed by atoms with van der Waals surface area (Å²) in [6.07, 6.45) is 8.70. The molecule has 0 saturated heterocycles. The van der Waals surface area contributed by atoms with Crippen LogP contribution in [0.15, 0.2) is 42.6 Å². The molecule has 2 aromatic heterocycles. The summed E-state index contributed by atoms with van der Waals surface area (Å²) in [5.74, 6) is 0. The zero-order valence-electron chi connectivity index (χ0n) is 14.5. The van der Waals surface area contributed by atoms with Crippen LogP contribution in [-0.2, 0) is 12.8 Å². The van der Waals surface area contributed by atoms with Crippen molar-refractivity contribution in [1.29, 1.82) is 0 Å². The van der Waals surface area contributed by atoms with Crippen molar-refractivity contribution < 1.29 is 0 Å². The van der Waals surface area contributed by atoms with Gasteiger partial charge in [0, 0.05) is 17.1 Å². The molecular weight excluding hydrogens is 294 g/mol. The van der Waals surface area contributed by atoms with E-state index in [9.17, 15) is 0 Å². The minimum Gasteiger partial charge on any atom is -0.353 e. The molecule has 0 aliphatic rings. The van der Waals surface area contributed by atoms with E-state index >= 15 is 0 Å². The lowest BCUT2D eigenvalue weighted by Gasteiger charge is -2.05. The Morgan fingerprint density at radius 3 is 2.71 bits per heavy atom. The number of benzene rings is 1. The third kappa shape index (κ3) is 3.68. The van der Waals surface area contributed by atoms with Crippen molar-refractivity contribution in [3.63, 3.8) is 0 Å². The molecule has 0 unspecified atom stereocenters. The predicted molar refractivity (Wildman–Crippen MR) is 102 cm³/mol. The molecule has 0 bridgehead atoms. The van der Waals surface area contributed by atoms with Crippen molar-refractivity contribution in [2.75, 3.05) is 6.54 Å². The van der Waals surface area contributed by atoms with E-state index in [1.165, 1.54) is 34.9 Å². The lowest BCUT2D eigenvalue weighted by molar-refractivity contribution is 0.748. The number of fused-ring (bicyclic) bond motifs is 1. The Morgan fingerprint density at radius 2 is 1.96 bits per heavy atom. The standard InChI is InChI=1S/C21H27N3/c1-2-3-8-16-11-12-19-18(15-16)17(9-4-6-13-22)21(24-19)20-10-5-7-14-23-20/h5,7,10-12,14-15,24H,2-4,6,8-9,13,22H2,1H3. The maximum absolute atomic E-state index is 5.69. The summed E-state index contributed by atoms with van der Waals surface area (Å²) in [7, 11) is 0. The number of rotatable bonds is 8. The molecule has 24 heavy (non-hydrogen) atoms. The van der Waals surface area contributed by atoms with E-state index in [-0.39, 0.29) is 0 Å². The SMILES string of the molecule is CCCCc1ccc2[nH]c(-c3ccccn3)c(CCCCN)c2c1. The van der Waals surface area contributed by atoms with Crippen LogP contribution in [0.1, 0.15) is 43.7 Å². The van der Waals surface area contributed by atoms with Gasteiger partial charge >= 0.3 is 0 Å². The van der Waals surface area contributed by atoms with Crippen LogP contribution in [0.2, 0.25) is 0 Å². The van der Waals surface area contributed by atoms with E-state index in [1.807, 2.05) is 18.3 Å². The van der Waals surface area contributed by atoms with Crippen LogP contribution in [0.5, 0.6) is 0 Å². The van der Waals surface area contributed by atoms with Crippen LogP contribution in [0.3, 0.4) is 0 Å². The van der Waals surface area contributed by atoms with Gasteiger partial charge in [-0.2, -0.15) is 0 Å². The van der Waals surface area contributed by atoms with Gasteiger partial charge < -0.3 is 10.7 Å². The van der Waals surface area contributed by atoms with E-state index in [2.05, 4.69) is 41.2 Å². The second-order valence-corrected chi connectivity index (χ2v) is 6.42. The number of nitrogens with two attached hydrogens (primary N) is 1. The smallest absolute Gasteiger partial charge is 0.0867 e. The number of nitrogens with one attached hydrogen (secondary N) is 1. The van der Waals surface area contributed by atoms with Crippen LogP contribution in [0, 0.1) is 0 Å². The summed E-state index contributed by atoms with van der Waals surface area (Å²) in [6.45, 7) is 3.00. The molecule has 0 amide bonds. The highest BCUT2D eigenvalue weighted by Crippen LogP contribution is 2.31. The molecule has 2 heterocycles. The van der Waals surface area contributed by atoms with Gasteiger partial charge in [0.15, 0.2) is 0 Å². The van der Waals surface area contributed by atoms with Crippen LogP contribution < -0.4 is 5.73 Å². The first-order valence-corrected chi connectivity index (χ1v) is 9.08. The summed E-state index contributed by atoms with van der Waals surface area (Å²) < 4.78 is 0. The summed E-state index contributed by atoms with van der Waals surface area (Å²) in [6, 6.07) is 12.9. The molecule has 3 rings (SSSR count). The van der Waals surface area contributed by atoms with Gasteiger partial charge in [-0.25, -0.2) is 0 Å². The molecule has 0 atom stereocenters. The lowest BCUT2D eigenvalue weighted by Crippen LogP contribution is -1.99. The number of hydrogen-bond acceptors (Lipinski definition) is 2. The molecule has 3 heteroatoms. The fourth-order valence-electron chi connectivity index (χ4n) is 3.27. The predicted octanol–water partition coefficient (Wildman–Crippen LogP) is 4.85. The van der Waals surface area contributed by atoms with E-state index in [0.717, 1.165) is 43.6 Å². The Labute approximate surface area is 144 Å². The number of aryl methyl sites for hydroxylation is 2. The van der Waals surface area contributed by atoms with Gasteiger partial charge in [-0.3, -0.25) is 4.98 Å². The number of hydrogen-bond donors (Lipinski definition) is 2. The van der Waals surface area contributed by atoms with Gasteiger partial charge in [0.05, 0.1) is 11.4 Å². The average Bonchev–Trinajstić information content (AvgIpc) is 2.99. The molecule has 3 nitrogen and oxygen atoms in total. The summed E-state index contributed by atoms with van der Waals surface area (Å²) >= 11 is 0. The zero-order valence-corrected chi connectivity index (χ0v) is 14.5. The summed E-state index contributed by atoms with van der Waals surface area (Å²) in [5, 5.41) is 1.35. The topological polar surface area (TPSA) is 54.7 Å². The van der Waals surface area contributed by atoms with Crippen molar-refractivity contribution in [2.45, 2.75) is 45.4 Å². The fraction of sp³-hybridized carbons (Fsp3) is 0.381. The third-order valence-corrected chi connectivity index (χ3v) is 4.59. The Bertz CT molecular complexity index is 774. The zero-order chi connectivity index (χ0) is 16.8. The lowest BCUT2D eigenvalue weighted by atomic mass is 9.99. The quantitative estimate of drug-likeness (QED) is 0.582.